The maximum Gasteiger partial charge on any atom is 0.338 e. The number of esters is 1. The lowest BCUT2D eigenvalue weighted by Gasteiger charge is -2.13. The summed E-state index contributed by atoms with van der Waals surface area (Å²) in [6.07, 6.45) is 0. The van der Waals surface area contributed by atoms with Gasteiger partial charge in [-0.1, -0.05) is 11.8 Å². The Labute approximate surface area is 185 Å². The minimum atomic E-state index is -0.404. The lowest BCUT2D eigenvalue weighted by Crippen LogP contribution is -2.22. The van der Waals surface area contributed by atoms with Crippen LogP contribution in [0.5, 0.6) is 0 Å². The number of aromatic nitrogens is 2. The fourth-order valence-electron chi connectivity index (χ4n) is 3.09. The third-order valence-electron chi connectivity index (χ3n) is 4.75. The topological polar surface area (TPSA) is 90.3 Å². The number of fused-ring (bicyclic) bond motifs is 1. The first kappa shape index (κ1) is 22.6. The summed E-state index contributed by atoms with van der Waals surface area (Å²) in [6, 6.07) is 12.1. The molecule has 1 amide bonds. The standard InChI is InChI=1S/C23H25N3O4S/c1-5-26-20-12-9-17(22(29)30-6-2)13-19(20)25-23(26)31-15(4)21(28)24-18-10-7-16(8-11-18)14(3)27/h7-13,15H,5-6H2,1-4H3,(H,24,28). The number of nitrogens with zero attached hydrogens (tertiary/aromatic N) is 2. The number of imidazole rings is 1. The molecule has 3 aromatic rings. The van der Waals surface area contributed by atoms with Crippen LogP contribution in [-0.4, -0.2) is 39.1 Å². The van der Waals surface area contributed by atoms with Crippen molar-refractivity contribution in [2.45, 2.75) is 44.6 Å². The van der Waals surface area contributed by atoms with Gasteiger partial charge in [-0.3, -0.25) is 9.59 Å². The molecule has 0 saturated heterocycles. The average Bonchev–Trinajstić information content (AvgIpc) is 3.10. The number of carbonyl (C=O) groups is 3. The SMILES string of the molecule is CCOC(=O)c1ccc2c(c1)nc(SC(C)C(=O)Nc1ccc(C(C)=O)cc1)n2CC. The van der Waals surface area contributed by atoms with E-state index in [9.17, 15) is 14.4 Å². The second-order valence-electron chi connectivity index (χ2n) is 6.95. The summed E-state index contributed by atoms with van der Waals surface area (Å²) in [5, 5.41) is 3.17. The first-order chi connectivity index (χ1) is 14.8. The van der Waals surface area contributed by atoms with Gasteiger partial charge in [0.05, 0.1) is 28.5 Å². The molecule has 31 heavy (non-hydrogen) atoms. The number of hydrogen-bond donors (Lipinski definition) is 1. The fraction of sp³-hybridized carbons (Fsp3) is 0.304. The van der Waals surface area contributed by atoms with Gasteiger partial charge < -0.3 is 14.6 Å². The molecule has 162 valence electrons. The van der Waals surface area contributed by atoms with Crippen LogP contribution in [0.1, 0.15) is 48.4 Å². The van der Waals surface area contributed by atoms with E-state index in [-0.39, 0.29) is 17.7 Å². The van der Waals surface area contributed by atoms with E-state index in [1.807, 2.05) is 24.5 Å². The van der Waals surface area contributed by atoms with E-state index >= 15 is 0 Å². The zero-order valence-corrected chi connectivity index (χ0v) is 18.8. The summed E-state index contributed by atoms with van der Waals surface area (Å²) in [5.41, 5.74) is 3.25. The highest BCUT2D eigenvalue weighted by atomic mass is 32.2. The molecular weight excluding hydrogens is 414 g/mol. The summed E-state index contributed by atoms with van der Waals surface area (Å²) in [4.78, 5) is 40.7. The monoisotopic (exact) mass is 439 g/mol. The van der Waals surface area contributed by atoms with Gasteiger partial charge in [-0.25, -0.2) is 9.78 Å². The predicted octanol–water partition coefficient (Wildman–Crippen LogP) is 4.55. The number of aryl methyl sites for hydroxylation is 1. The van der Waals surface area contributed by atoms with Gasteiger partial charge in [0.1, 0.15) is 0 Å². The zero-order valence-electron chi connectivity index (χ0n) is 18.0. The normalized spacial score (nSPS) is 11.9. The summed E-state index contributed by atoms with van der Waals surface area (Å²) in [5.74, 6) is -0.568. The van der Waals surface area contributed by atoms with Crippen molar-refractivity contribution in [3.8, 4) is 0 Å². The van der Waals surface area contributed by atoms with Crippen LogP contribution in [0.2, 0.25) is 0 Å². The van der Waals surface area contributed by atoms with Crippen LogP contribution in [0.4, 0.5) is 5.69 Å². The van der Waals surface area contributed by atoms with Gasteiger partial charge in [0, 0.05) is 17.8 Å². The maximum atomic E-state index is 12.7. The molecule has 7 nitrogen and oxygen atoms in total. The second-order valence-corrected chi connectivity index (χ2v) is 8.25. The molecular formula is C23H25N3O4S. The number of hydrogen-bond acceptors (Lipinski definition) is 6. The van der Waals surface area contributed by atoms with Crippen molar-refractivity contribution in [3.05, 3.63) is 53.6 Å². The van der Waals surface area contributed by atoms with Crippen LogP contribution < -0.4 is 5.32 Å². The van der Waals surface area contributed by atoms with Crippen LogP contribution in [0.3, 0.4) is 0 Å². The van der Waals surface area contributed by atoms with Crippen LogP contribution in [-0.2, 0) is 16.1 Å². The van der Waals surface area contributed by atoms with Crippen molar-refractivity contribution in [1.29, 1.82) is 0 Å². The molecule has 0 aliphatic heterocycles. The Kier molecular flexibility index (Phi) is 7.12. The van der Waals surface area contributed by atoms with E-state index in [0.717, 1.165) is 5.52 Å². The summed E-state index contributed by atoms with van der Waals surface area (Å²) in [7, 11) is 0. The van der Waals surface area contributed by atoms with E-state index in [1.54, 1.807) is 43.3 Å². The quantitative estimate of drug-likeness (QED) is 0.314. The van der Waals surface area contributed by atoms with Crippen LogP contribution >= 0.6 is 11.8 Å². The number of nitrogens with one attached hydrogen (secondary N) is 1. The molecule has 0 fully saturated rings. The van der Waals surface area contributed by atoms with Crippen LogP contribution in [0.15, 0.2) is 47.6 Å². The molecule has 0 saturated carbocycles. The number of carbonyl (C=O) groups excluding carboxylic acids is 3. The molecule has 0 spiro atoms. The van der Waals surface area contributed by atoms with Crippen molar-refractivity contribution in [2.75, 3.05) is 11.9 Å². The Morgan fingerprint density at radius 3 is 2.39 bits per heavy atom. The molecule has 1 heterocycles. The zero-order chi connectivity index (χ0) is 22.5. The molecule has 0 radical (unpaired) electrons. The molecule has 2 aromatic carbocycles. The van der Waals surface area contributed by atoms with Gasteiger partial charge >= 0.3 is 5.97 Å². The van der Waals surface area contributed by atoms with E-state index in [4.69, 9.17) is 4.74 Å². The molecule has 0 aliphatic rings. The van der Waals surface area contributed by atoms with Crippen molar-refractivity contribution in [2.24, 2.45) is 0 Å². The number of anilines is 1. The van der Waals surface area contributed by atoms with Crippen LogP contribution in [0.25, 0.3) is 11.0 Å². The minimum Gasteiger partial charge on any atom is -0.462 e. The molecule has 1 atom stereocenters. The van der Waals surface area contributed by atoms with Crippen molar-refractivity contribution >= 4 is 46.1 Å². The molecule has 1 unspecified atom stereocenters. The van der Waals surface area contributed by atoms with Crippen molar-refractivity contribution in [1.82, 2.24) is 9.55 Å². The van der Waals surface area contributed by atoms with Gasteiger partial charge in [0.15, 0.2) is 10.9 Å². The number of benzene rings is 2. The highest BCUT2D eigenvalue weighted by Gasteiger charge is 2.20. The highest BCUT2D eigenvalue weighted by Crippen LogP contribution is 2.28. The third-order valence-corrected chi connectivity index (χ3v) is 5.84. The lowest BCUT2D eigenvalue weighted by molar-refractivity contribution is -0.115. The van der Waals surface area contributed by atoms with E-state index in [2.05, 4.69) is 10.3 Å². The minimum absolute atomic E-state index is 0.0219. The highest BCUT2D eigenvalue weighted by molar-refractivity contribution is 8.00. The van der Waals surface area contributed by atoms with Gasteiger partial charge in [0.2, 0.25) is 5.91 Å². The Balaban J connectivity index is 1.76. The van der Waals surface area contributed by atoms with Gasteiger partial charge in [-0.2, -0.15) is 0 Å². The number of thioether (sulfide) groups is 1. The second kappa shape index (κ2) is 9.78. The van der Waals surface area contributed by atoms with Gasteiger partial charge in [0.25, 0.3) is 0 Å². The maximum absolute atomic E-state index is 12.7. The number of ketones is 1. The van der Waals surface area contributed by atoms with Crippen LogP contribution in [0, 0.1) is 0 Å². The molecule has 0 bridgehead atoms. The fourth-order valence-corrected chi connectivity index (χ4v) is 4.08. The number of ether oxygens (including phenoxy) is 1. The van der Waals surface area contributed by atoms with Crippen molar-refractivity contribution < 1.29 is 19.1 Å². The summed E-state index contributed by atoms with van der Waals surface area (Å²) in [6.45, 7) is 8.08. The van der Waals surface area contributed by atoms with E-state index in [0.29, 0.717) is 40.6 Å². The van der Waals surface area contributed by atoms with Gasteiger partial charge in [-0.15, -0.1) is 0 Å². The first-order valence-corrected chi connectivity index (χ1v) is 11.0. The van der Waals surface area contributed by atoms with Gasteiger partial charge in [-0.05, 0) is 70.2 Å². The molecule has 3 rings (SSSR count). The Morgan fingerprint density at radius 2 is 1.77 bits per heavy atom. The third kappa shape index (κ3) is 5.14. The smallest absolute Gasteiger partial charge is 0.338 e. The Morgan fingerprint density at radius 1 is 1.10 bits per heavy atom. The Hall–Kier alpha value is -3.13. The molecule has 8 heteroatoms. The van der Waals surface area contributed by atoms with E-state index < -0.39 is 5.25 Å². The molecule has 0 aliphatic carbocycles. The average molecular weight is 440 g/mol. The predicted molar refractivity (Wildman–Crippen MR) is 122 cm³/mol. The van der Waals surface area contributed by atoms with E-state index in [1.165, 1.54) is 18.7 Å². The number of Topliss-reactive ketones (excluding diaryl/α,β-unsaturated/α-hetero) is 1. The first-order valence-electron chi connectivity index (χ1n) is 10.1. The summed E-state index contributed by atoms with van der Waals surface area (Å²) < 4.78 is 7.08. The number of rotatable bonds is 8. The Bertz CT molecular complexity index is 1120. The lowest BCUT2D eigenvalue weighted by atomic mass is 10.1. The van der Waals surface area contributed by atoms with Crippen molar-refractivity contribution in [3.63, 3.8) is 0 Å². The largest absolute Gasteiger partial charge is 0.462 e. The molecule has 1 aromatic heterocycles. The number of amides is 1. The summed E-state index contributed by atoms with van der Waals surface area (Å²) >= 11 is 1.35. The molecule has 1 N–H and O–H groups in total.